The zero-order chi connectivity index (χ0) is 16.6. The van der Waals surface area contributed by atoms with Crippen LogP contribution in [-0.4, -0.2) is 35.1 Å². The van der Waals surface area contributed by atoms with Crippen LogP contribution in [0.1, 0.15) is 37.8 Å². The number of halogens is 1. The molecule has 1 saturated carbocycles. The van der Waals surface area contributed by atoms with Crippen LogP contribution in [-0.2, 0) is 4.79 Å². The van der Waals surface area contributed by atoms with Crippen molar-refractivity contribution in [3.63, 3.8) is 0 Å². The molecule has 0 unspecified atom stereocenters. The minimum absolute atomic E-state index is 0.0802. The lowest BCUT2D eigenvalue weighted by atomic mass is 9.81. The highest BCUT2D eigenvalue weighted by atomic mass is 35.5. The summed E-state index contributed by atoms with van der Waals surface area (Å²) in [6.45, 7) is 2.75. The maximum absolute atomic E-state index is 12.5. The van der Waals surface area contributed by atoms with Gasteiger partial charge in [0.1, 0.15) is 0 Å². The van der Waals surface area contributed by atoms with Crippen molar-refractivity contribution in [2.75, 3.05) is 13.1 Å². The van der Waals surface area contributed by atoms with E-state index in [4.69, 9.17) is 11.6 Å². The monoisotopic (exact) mass is 336 g/mol. The van der Waals surface area contributed by atoms with Crippen LogP contribution in [0, 0.1) is 11.3 Å². The molecule has 124 valence electrons. The number of carboxylic acids is 1. The van der Waals surface area contributed by atoms with Gasteiger partial charge >= 0.3 is 12.0 Å². The van der Waals surface area contributed by atoms with Crippen molar-refractivity contribution in [1.82, 2.24) is 10.2 Å². The molecule has 1 aliphatic heterocycles. The largest absolute Gasteiger partial charge is 0.481 e. The number of urea groups is 1. The topological polar surface area (TPSA) is 69.6 Å². The van der Waals surface area contributed by atoms with E-state index in [0.717, 1.165) is 18.4 Å². The zero-order valence-electron chi connectivity index (χ0n) is 13.1. The first-order chi connectivity index (χ1) is 10.9. The minimum atomic E-state index is -0.763. The van der Waals surface area contributed by atoms with Crippen LogP contribution >= 0.6 is 11.6 Å². The fraction of sp³-hybridized carbons (Fsp3) is 0.529. The van der Waals surface area contributed by atoms with E-state index in [-0.39, 0.29) is 18.0 Å². The molecule has 0 bridgehead atoms. The lowest BCUT2D eigenvalue weighted by Gasteiger charge is -2.24. The summed E-state index contributed by atoms with van der Waals surface area (Å²) in [6.07, 6.45) is 2.50. The van der Waals surface area contributed by atoms with E-state index in [2.05, 4.69) is 5.32 Å². The van der Waals surface area contributed by atoms with E-state index in [1.54, 1.807) is 17.0 Å². The number of hydrogen-bond acceptors (Lipinski definition) is 2. The number of nitrogens with one attached hydrogen (secondary N) is 1. The van der Waals surface area contributed by atoms with Crippen LogP contribution in [0.5, 0.6) is 0 Å². The van der Waals surface area contributed by atoms with Crippen molar-refractivity contribution < 1.29 is 14.7 Å². The van der Waals surface area contributed by atoms with Crippen molar-refractivity contribution in [3.05, 3.63) is 34.9 Å². The molecule has 1 aromatic rings. The predicted octanol–water partition coefficient (Wildman–Crippen LogP) is 3.30. The number of nitrogens with zero attached hydrogens (tertiary/aromatic N) is 1. The molecular formula is C17H21ClN2O3. The zero-order valence-corrected chi connectivity index (χ0v) is 13.8. The van der Waals surface area contributed by atoms with E-state index < -0.39 is 11.4 Å². The van der Waals surface area contributed by atoms with Gasteiger partial charge in [-0.15, -0.1) is 0 Å². The van der Waals surface area contributed by atoms with E-state index in [1.165, 1.54) is 0 Å². The third-order valence-electron chi connectivity index (χ3n) is 5.29. The summed E-state index contributed by atoms with van der Waals surface area (Å²) in [6, 6.07) is 7.00. The predicted molar refractivity (Wildman–Crippen MR) is 87.4 cm³/mol. The molecule has 3 atom stereocenters. The SMILES string of the molecule is C[C@H](NC(=O)N1C[C@@H]2CCC[C@@]2(C(=O)O)C1)c1ccc(Cl)cc1. The molecule has 0 aromatic heterocycles. The lowest BCUT2D eigenvalue weighted by molar-refractivity contribution is -0.149. The van der Waals surface area contributed by atoms with Gasteiger partial charge in [-0.05, 0) is 43.4 Å². The van der Waals surface area contributed by atoms with Gasteiger partial charge in [0.2, 0.25) is 0 Å². The van der Waals surface area contributed by atoms with Crippen LogP contribution in [0.25, 0.3) is 0 Å². The molecule has 2 aliphatic rings. The molecule has 23 heavy (non-hydrogen) atoms. The van der Waals surface area contributed by atoms with Gasteiger partial charge in [0.25, 0.3) is 0 Å². The van der Waals surface area contributed by atoms with E-state index in [0.29, 0.717) is 24.5 Å². The summed E-state index contributed by atoms with van der Waals surface area (Å²) in [4.78, 5) is 25.8. The van der Waals surface area contributed by atoms with Gasteiger partial charge in [-0.2, -0.15) is 0 Å². The fourth-order valence-electron chi connectivity index (χ4n) is 3.90. The van der Waals surface area contributed by atoms with Crippen molar-refractivity contribution >= 4 is 23.6 Å². The summed E-state index contributed by atoms with van der Waals surface area (Å²) in [5.41, 5.74) is 0.232. The van der Waals surface area contributed by atoms with Gasteiger partial charge < -0.3 is 15.3 Å². The molecule has 2 amide bonds. The lowest BCUT2D eigenvalue weighted by Crippen LogP contribution is -2.42. The maximum Gasteiger partial charge on any atom is 0.317 e. The number of carbonyl (C=O) groups excluding carboxylic acids is 1. The third-order valence-corrected chi connectivity index (χ3v) is 5.55. The van der Waals surface area contributed by atoms with Crippen LogP contribution < -0.4 is 5.32 Å². The van der Waals surface area contributed by atoms with Crippen LogP contribution in [0.2, 0.25) is 5.02 Å². The van der Waals surface area contributed by atoms with Gasteiger partial charge in [0.15, 0.2) is 0 Å². The highest BCUT2D eigenvalue weighted by Gasteiger charge is 2.55. The summed E-state index contributed by atoms with van der Waals surface area (Å²) in [7, 11) is 0. The number of benzene rings is 1. The van der Waals surface area contributed by atoms with E-state index in [9.17, 15) is 14.7 Å². The van der Waals surface area contributed by atoms with Gasteiger partial charge in [-0.1, -0.05) is 30.2 Å². The summed E-state index contributed by atoms with van der Waals surface area (Å²) >= 11 is 5.87. The van der Waals surface area contributed by atoms with Gasteiger partial charge in [0.05, 0.1) is 11.5 Å². The Kier molecular flexibility index (Phi) is 4.23. The van der Waals surface area contributed by atoms with Gasteiger partial charge in [-0.3, -0.25) is 4.79 Å². The molecule has 2 N–H and O–H groups in total. The number of fused-ring (bicyclic) bond motifs is 1. The Balaban J connectivity index is 1.65. The first-order valence-corrected chi connectivity index (χ1v) is 8.34. The smallest absolute Gasteiger partial charge is 0.317 e. The number of carbonyl (C=O) groups is 2. The summed E-state index contributed by atoms with van der Waals surface area (Å²) in [5, 5.41) is 13.2. The number of carboxylic acid groups (broad SMARTS) is 1. The molecule has 6 heteroatoms. The molecule has 3 rings (SSSR count). The maximum atomic E-state index is 12.5. The highest BCUT2D eigenvalue weighted by Crippen LogP contribution is 2.48. The van der Waals surface area contributed by atoms with E-state index >= 15 is 0 Å². The summed E-state index contributed by atoms with van der Waals surface area (Å²) < 4.78 is 0. The molecule has 5 nitrogen and oxygen atoms in total. The Hall–Kier alpha value is -1.75. The van der Waals surface area contributed by atoms with Crippen LogP contribution in [0.3, 0.4) is 0 Å². The Labute approximate surface area is 140 Å². The highest BCUT2D eigenvalue weighted by molar-refractivity contribution is 6.30. The standard InChI is InChI=1S/C17H21ClN2O3/c1-11(12-4-6-14(18)7-5-12)19-16(23)20-9-13-3-2-8-17(13,10-20)15(21)22/h4-7,11,13H,2-3,8-10H2,1H3,(H,19,23)(H,21,22)/t11-,13-,17+/m0/s1. The van der Waals surface area contributed by atoms with Crippen molar-refractivity contribution in [1.29, 1.82) is 0 Å². The van der Waals surface area contributed by atoms with Crippen LogP contribution in [0.15, 0.2) is 24.3 Å². The Morgan fingerprint density at radius 1 is 1.39 bits per heavy atom. The fourth-order valence-corrected chi connectivity index (χ4v) is 4.03. The molecular weight excluding hydrogens is 316 g/mol. The van der Waals surface area contributed by atoms with Gasteiger partial charge in [-0.25, -0.2) is 4.79 Å². The number of amides is 2. The second kappa shape index (κ2) is 6.04. The molecule has 0 spiro atoms. The second-order valence-corrected chi connectivity index (χ2v) is 7.09. The Bertz CT molecular complexity index is 619. The Morgan fingerprint density at radius 2 is 2.09 bits per heavy atom. The number of likely N-dealkylation sites (tertiary alicyclic amines) is 1. The molecule has 0 radical (unpaired) electrons. The summed E-state index contributed by atoms with van der Waals surface area (Å²) in [5.74, 6) is -0.683. The average Bonchev–Trinajstić information content (AvgIpc) is 3.05. The second-order valence-electron chi connectivity index (χ2n) is 6.65. The number of rotatable bonds is 3. The average molecular weight is 337 g/mol. The molecule has 1 aliphatic carbocycles. The molecule has 1 heterocycles. The van der Waals surface area contributed by atoms with Crippen LogP contribution in [0.4, 0.5) is 4.79 Å². The van der Waals surface area contributed by atoms with Crippen molar-refractivity contribution in [3.8, 4) is 0 Å². The van der Waals surface area contributed by atoms with Crippen molar-refractivity contribution in [2.45, 2.75) is 32.2 Å². The first-order valence-electron chi connectivity index (χ1n) is 7.97. The van der Waals surface area contributed by atoms with Gasteiger partial charge in [0, 0.05) is 18.1 Å². The Morgan fingerprint density at radius 3 is 2.70 bits per heavy atom. The molecule has 2 fully saturated rings. The first kappa shape index (κ1) is 16.1. The number of hydrogen-bond donors (Lipinski definition) is 2. The molecule has 1 aromatic carbocycles. The minimum Gasteiger partial charge on any atom is -0.481 e. The van der Waals surface area contributed by atoms with E-state index in [1.807, 2.05) is 19.1 Å². The third kappa shape index (κ3) is 2.90. The van der Waals surface area contributed by atoms with Crippen molar-refractivity contribution in [2.24, 2.45) is 11.3 Å². The quantitative estimate of drug-likeness (QED) is 0.889. The normalized spacial score (nSPS) is 27.6. The number of aliphatic carboxylic acids is 1. The molecule has 1 saturated heterocycles.